The first-order valence-electron chi connectivity index (χ1n) is 4.57. The summed E-state index contributed by atoms with van der Waals surface area (Å²) < 4.78 is 0. The predicted molar refractivity (Wildman–Crippen MR) is 62.6 cm³/mol. The number of aromatic nitrogens is 2. The maximum absolute atomic E-state index is 8.68. The van der Waals surface area contributed by atoms with Gasteiger partial charge in [0.2, 0.25) is 5.28 Å². The Labute approximate surface area is 95.9 Å². The standard InChI is InChI=1S/C9H10ClN3OS/c10-9-12-7(11-3-1-4-14)6-2-5-15-8(6)13-9/h2,5,14H,1,3-4H2,(H,11,12,13). The van der Waals surface area contributed by atoms with Gasteiger partial charge in [0.1, 0.15) is 10.6 Å². The zero-order valence-corrected chi connectivity index (χ0v) is 9.48. The van der Waals surface area contributed by atoms with Crippen LogP contribution in [-0.2, 0) is 0 Å². The van der Waals surface area contributed by atoms with Crippen molar-refractivity contribution in [2.45, 2.75) is 6.42 Å². The van der Waals surface area contributed by atoms with Crippen LogP contribution < -0.4 is 5.32 Å². The van der Waals surface area contributed by atoms with E-state index in [1.54, 1.807) is 0 Å². The van der Waals surface area contributed by atoms with E-state index in [0.29, 0.717) is 13.0 Å². The third kappa shape index (κ3) is 2.37. The predicted octanol–water partition coefficient (Wildman–Crippen LogP) is 2.14. The van der Waals surface area contributed by atoms with Crippen molar-refractivity contribution in [1.29, 1.82) is 0 Å². The lowest BCUT2D eigenvalue weighted by molar-refractivity contribution is 0.292. The first kappa shape index (κ1) is 10.6. The van der Waals surface area contributed by atoms with Gasteiger partial charge in [-0.25, -0.2) is 9.97 Å². The number of nitrogens with one attached hydrogen (secondary N) is 1. The molecule has 0 aliphatic heterocycles. The summed E-state index contributed by atoms with van der Waals surface area (Å²) in [4.78, 5) is 9.10. The quantitative estimate of drug-likeness (QED) is 0.638. The Morgan fingerprint density at radius 1 is 1.47 bits per heavy atom. The highest BCUT2D eigenvalue weighted by Crippen LogP contribution is 2.26. The number of rotatable bonds is 4. The lowest BCUT2D eigenvalue weighted by atomic mass is 10.3. The fourth-order valence-corrected chi connectivity index (χ4v) is 2.23. The van der Waals surface area contributed by atoms with Gasteiger partial charge in [0, 0.05) is 13.2 Å². The average molecular weight is 244 g/mol. The number of hydrogen-bond donors (Lipinski definition) is 2. The molecule has 80 valence electrons. The summed E-state index contributed by atoms with van der Waals surface area (Å²) in [5.74, 6) is 0.736. The Morgan fingerprint density at radius 2 is 2.33 bits per heavy atom. The largest absolute Gasteiger partial charge is 0.396 e. The number of hydrogen-bond acceptors (Lipinski definition) is 5. The van der Waals surface area contributed by atoms with E-state index in [2.05, 4.69) is 15.3 Å². The molecule has 0 atom stereocenters. The summed E-state index contributed by atoms with van der Waals surface area (Å²) in [6.45, 7) is 0.841. The Bertz CT molecular complexity index is 460. The van der Waals surface area contributed by atoms with Crippen LogP contribution in [0.25, 0.3) is 10.2 Å². The number of aliphatic hydroxyl groups is 1. The van der Waals surface area contributed by atoms with Gasteiger partial charge < -0.3 is 10.4 Å². The molecule has 0 amide bonds. The van der Waals surface area contributed by atoms with Crippen LogP contribution in [-0.4, -0.2) is 28.2 Å². The summed E-state index contributed by atoms with van der Waals surface area (Å²) in [6, 6.07) is 1.96. The van der Waals surface area contributed by atoms with Crippen LogP contribution in [0.2, 0.25) is 5.28 Å². The molecule has 0 radical (unpaired) electrons. The van der Waals surface area contributed by atoms with Gasteiger partial charge in [-0.3, -0.25) is 0 Å². The smallest absolute Gasteiger partial charge is 0.225 e. The molecular formula is C9H10ClN3OS. The minimum atomic E-state index is 0.165. The molecule has 2 heterocycles. The van der Waals surface area contributed by atoms with Gasteiger partial charge in [0.15, 0.2) is 0 Å². The highest BCUT2D eigenvalue weighted by molar-refractivity contribution is 7.16. The molecule has 0 unspecified atom stereocenters. The second-order valence-electron chi connectivity index (χ2n) is 2.98. The number of halogens is 1. The minimum Gasteiger partial charge on any atom is -0.396 e. The van der Waals surface area contributed by atoms with Crippen molar-refractivity contribution < 1.29 is 5.11 Å². The van der Waals surface area contributed by atoms with Crippen LogP contribution in [0.15, 0.2) is 11.4 Å². The van der Waals surface area contributed by atoms with Gasteiger partial charge in [0.05, 0.1) is 5.39 Å². The lowest BCUT2D eigenvalue weighted by Crippen LogP contribution is -2.05. The van der Waals surface area contributed by atoms with Crippen molar-refractivity contribution >= 4 is 39.0 Å². The van der Waals surface area contributed by atoms with Crippen LogP contribution in [0, 0.1) is 0 Å². The number of thiophene rings is 1. The maximum Gasteiger partial charge on any atom is 0.225 e. The topological polar surface area (TPSA) is 58.0 Å². The second kappa shape index (κ2) is 4.74. The van der Waals surface area contributed by atoms with Gasteiger partial charge >= 0.3 is 0 Å². The molecule has 6 heteroatoms. The molecule has 0 fully saturated rings. The van der Waals surface area contributed by atoms with E-state index in [4.69, 9.17) is 16.7 Å². The molecule has 0 saturated carbocycles. The van der Waals surface area contributed by atoms with E-state index in [-0.39, 0.29) is 11.9 Å². The van der Waals surface area contributed by atoms with Crippen molar-refractivity contribution in [1.82, 2.24) is 9.97 Å². The molecule has 0 spiro atoms. The van der Waals surface area contributed by atoms with Crippen molar-refractivity contribution in [3.05, 3.63) is 16.7 Å². The number of fused-ring (bicyclic) bond motifs is 1. The molecule has 2 aromatic heterocycles. The summed E-state index contributed by atoms with van der Waals surface area (Å²) in [5.41, 5.74) is 0. The fourth-order valence-electron chi connectivity index (χ4n) is 1.25. The van der Waals surface area contributed by atoms with E-state index in [1.165, 1.54) is 11.3 Å². The molecule has 0 aliphatic rings. The van der Waals surface area contributed by atoms with Crippen molar-refractivity contribution in [2.24, 2.45) is 0 Å². The lowest BCUT2D eigenvalue weighted by Gasteiger charge is -2.05. The summed E-state index contributed by atoms with van der Waals surface area (Å²) in [5, 5.41) is 15.0. The van der Waals surface area contributed by atoms with Crippen LogP contribution >= 0.6 is 22.9 Å². The van der Waals surface area contributed by atoms with Gasteiger partial charge in [-0.15, -0.1) is 11.3 Å². The van der Waals surface area contributed by atoms with E-state index in [1.807, 2.05) is 11.4 Å². The summed E-state index contributed by atoms with van der Waals surface area (Å²) >= 11 is 7.32. The van der Waals surface area contributed by atoms with Gasteiger partial charge in [-0.1, -0.05) is 0 Å². The SMILES string of the molecule is OCCCNc1nc(Cl)nc2sccc12. The first-order valence-corrected chi connectivity index (χ1v) is 5.82. The van der Waals surface area contributed by atoms with Crippen LogP contribution in [0.1, 0.15) is 6.42 Å². The summed E-state index contributed by atoms with van der Waals surface area (Å²) in [6.07, 6.45) is 0.688. The average Bonchev–Trinajstić information content (AvgIpc) is 2.65. The zero-order chi connectivity index (χ0) is 10.7. The van der Waals surface area contributed by atoms with Crippen LogP contribution in [0.5, 0.6) is 0 Å². The molecule has 4 nitrogen and oxygen atoms in total. The maximum atomic E-state index is 8.68. The van der Waals surface area contributed by atoms with E-state index >= 15 is 0 Å². The minimum absolute atomic E-state index is 0.165. The third-order valence-electron chi connectivity index (χ3n) is 1.93. The molecule has 2 N–H and O–H groups in total. The molecular weight excluding hydrogens is 234 g/mol. The fraction of sp³-hybridized carbons (Fsp3) is 0.333. The number of nitrogens with zero attached hydrogens (tertiary/aromatic N) is 2. The van der Waals surface area contributed by atoms with E-state index in [9.17, 15) is 0 Å². The molecule has 0 bridgehead atoms. The van der Waals surface area contributed by atoms with E-state index < -0.39 is 0 Å². The van der Waals surface area contributed by atoms with Gasteiger partial charge in [-0.2, -0.15) is 0 Å². The Hall–Kier alpha value is -0.910. The van der Waals surface area contributed by atoms with Crippen LogP contribution in [0.4, 0.5) is 5.82 Å². The second-order valence-corrected chi connectivity index (χ2v) is 4.22. The third-order valence-corrected chi connectivity index (χ3v) is 2.90. The van der Waals surface area contributed by atoms with E-state index in [0.717, 1.165) is 16.0 Å². The van der Waals surface area contributed by atoms with Crippen LogP contribution in [0.3, 0.4) is 0 Å². The normalized spacial score (nSPS) is 10.8. The first-order chi connectivity index (χ1) is 7.31. The molecule has 0 aliphatic carbocycles. The Balaban J connectivity index is 2.27. The molecule has 2 aromatic rings. The summed E-state index contributed by atoms with van der Waals surface area (Å²) in [7, 11) is 0. The van der Waals surface area contributed by atoms with Crippen molar-refractivity contribution in [3.63, 3.8) is 0 Å². The number of aliphatic hydroxyl groups excluding tert-OH is 1. The van der Waals surface area contributed by atoms with Crippen molar-refractivity contribution in [3.8, 4) is 0 Å². The highest BCUT2D eigenvalue weighted by atomic mass is 35.5. The van der Waals surface area contributed by atoms with Crippen molar-refractivity contribution in [2.75, 3.05) is 18.5 Å². The molecule has 0 saturated heterocycles. The molecule has 2 rings (SSSR count). The Morgan fingerprint density at radius 3 is 3.13 bits per heavy atom. The number of anilines is 1. The molecule has 0 aromatic carbocycles. The Kier molecular flexibility index (Phi) is 3.35. The van der Waals surface area contributed by atoms with Gasteiger partial charge in [-0.05, 0) is 29.5 Å². The monoisotopic (exact) mass is 243 g/mol. The van der Waals surface area contributed by atoms with Gasteiger partial charge in [0.25, 0.3) is 0 Å². The molecule has 15 heavy (non-hydrogen) atoms. The highest BCUT2D eigenvalue weighted by Gasteiger charge is 2.06. The zero-order valence-electron chi connectivity index (χ0n) is 7.90.